The number of hydrogen-bond acceptors (Lipinski definition) is 1. The van der Waals surface area contributed by atoms with Crippen molar-refractivity contribution in [2.75, 3.05) is 0 Å². The molecule has 80 valence electrons. The molecule has 0 bridgehead atoms. The second kappa shape index (κ2) is 3.76. The van der Waals surface area contributed by atoms with Crippen molar-refractivity contribution >= 4 is 5.78 Å². The third-order valence-corrected chi connectivity index (χ3v) is 3.09. The van der Waals surface area contributed by atoms with E-state index in [-0.39, 0.29) is 5.78 Å². The van der Waals surface area contributed by atoms with Gasteiger partial charge in [-0.05, 0) is 31.7 Å². The van der Waals surface area contributed by atoms with E-state index < -0.39 is 5.67 Å². The molecule has 1 aromatic rings. The van der Waals surface area contributed by atoms with Crippen LogP contribution in [0.2, 0.25) is 0 Å². The van der Waals surface area contributed by atoms with Gasteiger partial charge in [0.25, 0.3) is 0 Å². The lowest BCUT2D eigenvalue weighted by Gasteiger charge is -2.28. The van der Waals surface area contributed by atoms with Gasteiger partial charge in [-0.2, -0.15) is 0 Å². The summed E-state index contributed by atoms with van der Waals surface area (Å²) in [4.78, 5) is 11.7. The van der Waals surface area contributed by atoms with Gasteiger partial charge in [-0.15, -0.1) is 0 Å². The van der Waals surface area contributed by atoms with Crippen LogP contribution in [0.3, 0.4) is 0 Å². The molecule has 2 rings (SSSR count). The van der Waals surface area contributed by atoms with Crippen LogP contribution >= 0.6 is 0 Å². The molecule has 0 aromatic heterocycles. The minimum Gasteiger partial charge on any atom is -0.296 e. The van der Waals surface area contributed by atoms with Crippen molar-refractivity contribution in [2.45, 2.75) is 38.3 Å². The van der Waals surface area contributed by atoms with Crippen molar-refractivity contribution in [2.24, 2.45) is 0 Å². The maximum Gasteiger partial charge on any atom is 0.193 e. The Balaban J connectivity index is 2.39. The molecule has 0 saturated heterocycles. The van der Waals surface area contributed by atoms with E-state index in [9.17, 15) is 9.18 Å². The number of carbonyl (C=O) groups excluding carboxylic acids is 1. The molecule has 0 aliphatic heterocycles. The van der Waals surface area contributed by atoms with Gasteiger partial charge in [0.1, 0.15) is 0 Å². The van der Waals surface area contributed by atoms with Crippen LogP contribution in [0, 0.1) is 6.92 Å². The predicted molar refractivity (Wildman–Crippen MR) is 57.4 cm³/mol. The van der Waals surface area contributed by atoms with Crippen LogP contribution in [-0.4, -0.2) is 5.78 Å². The summed E-state index contributed by atoms with van der Waals surface area (Å²) in [5.74, 6) is -0.251. The first kappa shape index (κ1) is 10.3. The van der Waals surface area contributed by atoms with Gasteiger partial charge >= 0.3 is 0 Å². The number of carbonyl (C=O) groups is 1. The molecule has 1 fully saturated rings. The molecule has 15 heavy (non-hydrogen) atoms. The Morgan fingerprint density at radius 1 is 1.33 bits per heavy atom. The van der Waals surface area contributed by atoms with E-state index in [1.54, 1.807) is 12.1 Å². The van der Waals surface area contributed by atoms with Crippen LogP contribution in [0.5, 0.6) is 0 Å². The quantitative estimate of drug-likeness (QED) is 0.689. The maximum atomic E-state index is 14.5. The zero-order valence-electron chi connectivity index (χ0n) is 8.92. The molecule has 0 heterocycles. The third-order valence-electron chi connectivity index (χ3n) is 3.09. The molecule has 1 nitrogen and oxygen atoms in total. The summed E-state index contributed by atoms with van der Waals surface area (Å²) in [6.45, 7) is 1.92. The minimum absolute atomic E-state index is 0.251. The first-order chi connectivity index (χ1) is 7.13. The number of alkyl halides is 1. The first-order valence-electron chi connectivity index (χ1n) is 5.42. The van der Waals surface area contributed by atoms with Gasteiger partial charge in [0.05, 0.1) is 0 Å². The molecule has 1 aliphatic carbocycles. The highest BCUT2D eigenvalue weighted by Gasteiger charge is 2.41. The van der Waals surface area contributed by atoms with Crippen LogP contribution in [0.4, 0.5) is 4.39 Å². The van der Waals surface area contributed by atoms with Crippen LogP contribution < -0.4 is 0 Å². The second-order valence-electron chi connectivity index (χ2n) is 4.30. The lowest BCUT2D eigenvalue weighted by Crippen LogP contribution is -2.34. The number of benzene rings is 1. The predicted octanol–water partition coefficient (Wildman–Crippen LogP) is 3.30. The Bertz CT molecular complexity index is 386. The van der Waals surface area contributed by atoms with Gasteiger partial charge in [0.15, 0.2) is 11.5 Å². The second-order valence-corrected chi connectivity index (χ2v) is 4.30. The number of rotatable bonds is 1. The SMILES string of the molecule is Cc1cccc([C@]2(F)CCCCC2=O)c1. The summed E-state index contributed by atoms with van der Waals surface area (Å²) in [7, 11) is 0. The van der Waals surface area contributed by atoms with Crippen molar-refractivity contribution < 1.29 is 9.18 Å². The molecule has 0 spiro atoms. The molecule has 1 aromatic carbocycles. The molecule has 2 heteroatoms. The molecule has 1 aliphatic rings. The van der Waals surface area contributed by atoms with Gasteiger partial charge < -0.3 is 0 Å². The van der Waals surface area contributed by atoms with Gasteiger partial charge in [0, 0.05) is 6.42 Å². The van der Waals surface area contributed by atoms with E-state index in [4.69, 9.17) is 0 Å². The average Bonchev–Trinajstić information content (AvgIpc) is 2.23. The minimum atomic E-state index is -1.72. The smallest absolute Gasteiger partial charge is 0.193 e. The Morgan fingerprint density at radius 2 is 2.13 bits per heavy atom. The highest BCUT2D eigenvalue weighted by Crippen LogP contribution is 2.38. The number of halogens is 1. The average molecular weight is 206 g/mol. The number of aryl methyl sites for hydroxylation is 1. The van der Waals surface area contributed by atoms with E-state index in [0.717, 1.165) is 18.4 Å². The lowest BCUT2D eigenvalue weighted by molar-refractivity contribution is -0.134. The normalized spacial score (nSPS) is 26.7. The Labute approximate surface area is 89.3 Å². The van der Waals surface area contributed by atoms with E-state index in [0.29, 0.717) is 18.4 Å². The van der Waals surface area contributed by atoms with E-state index in [1.165, 1.54) is 0 Å². The zero-order chi connectivity index (χ0) is 10.9. The molecular formula is C13H15FO. The molecule has 0 unspecified atom stereocenters. The van der Waals surface area contributed by atoms with Crippen LogP contribution in [-0.2, 0) is 10.5 Å². The summed E-state index contributed by atoms with van der Waals surface area (Å²) in [6, 6.07) is 7.23. The summed E-state index contributed by atoms with van der Waals surface area (Å²) in [6.07, 6.45) is 2.35. The van der Waals surface area contributed by atoms with Crippen molar-refractivity contribution in [3.8, 4) is 0 Å². The van der Waals surface area contributed by atoms with Crippen LogP contribution in [0.25, 0.3) is 0 Å². The summed E-state index contributed by atoms with van der Waals surface area (Å²) >= 11 is 0. The monoisotopic (exact) mass is 206 g/mol. The summed E-state index contributed by atoms with van der Waals surface area (Å²) in [5.41, 5.74) is -0.181. The van der Waals surface area contributed by atoms with Crippen molar-refractivity contribution in [3.63, 3.8) is 0 Å². The molecule has 0 radical (unpaired) electrons. The number of hydrogen-bond donors (Lipinski definition) is 0. The van der Waals surface area contributed by atoms with Gasteiger partial charge in [-0.1, -0.05) is 29.8 Å². The van der Waals surface area contributed by atoms with E-state index in [1.807, 2.05) is 19.1 Å². The fourth-order valence-electron chi connectivity index (χ4n) is 2.19. The Hall–Kier alpha value is -1.18. The van der Waals surface area contributed by atoms with Gasteiger partial charge in [-0.25, -0.2) is 4.39 Å². The van der Waals surface area contributed by atoms with Crippen molar-refractivity contribution in [1.29, 1.82) is 0 Å². The molecule has 0 N–H and O–H groups in total. The standard InChI is InChI=1S/C13H15FO/c1-10-5-4-6-11(9-10)13(14)8-3-2-7-12(13)15/h4-6,9H,2-3,7-8H2,1H3/t13-/m1/s1. The van der Waals surface area contributed by atoms with E-state index in [2.05, 4.69) is 0 Å². The van der Waals surface area contributed by atoms with Crippen LogP contribution in [0.1, 0.15) is 36.8 Å². The number of ketones is 1. The topological polar surface area (TPSA) is 17.1 Å². The largest absolute Gasteiger partial charge is 0.296 e. The Kier molecular flexibility index (Phi) is 2.59. The molecule has 0 amide bonds. The molecular weight excluding hydrogens is 191 g/mol. The molecule has 1 saturated carbocycles. The maximum absolute atomic E-state index is 14.5. The highest BCUT2D eigenvalue weighted by molar-refractivity contribution is 5.89. The fraction of sp³-hybridized carbons (Fsp3) is 0.462. The zero-order valence-corrected chi connectivity index (χ0v) is 8.92. The lowest BCUT2D eigenvalue weighted by atomic mass is 9.80. The van der Waals surface area contributed by atoms with E-state index >= 15 is 0 Å². The molecule has 1 atom stereocenters. The highest BCUT2D eigenvalue weighted by atomic mass is 19.1. The van der Waals surface area contributed by atoms with Crippen molar-refractivity contribution in [1.82, 2.24) is 0 Å². The van der Waals surface area contributed by atoms with Gasteiger partial charge in [0.2, 0.25) is 0 Å². The summed E-state index contributed by atoms with van der Waals surface area (Å²) < 4.78 is 14.5. The van der Waals surface area contributed by atoms with Crippen molar-refractivity contribution in [3.05, 3.63) is 35.4 Å². The number of Topliss-reactive ketones (excluding diaryl/α,β-unsaturated/α-hetero) is 1. The van der Waals surface area contributed by atoms with Gasteiger partial charge in [-0.3, -0.25) is 4.79 Å². The fourth-order valence-corrected chi connectivity index (χ4v) is 2.19. The third kappa shape index (κ3) is 1.81. The summed E-state index contributed by atoms with van der Waals surface area (Å²) in [5, 5.41) is 0. The first-order valence-corrected chi connectivity index (χ1v) is 5.42. The van der Waals surface area contributed by atoms with Crippen LogP contribution in [0.15, 0.2) is 24.3 Å². The Morgan fingerprint density at radius 3 is 2.80 bits per heavy atom.